The Kier molecular flexibility index (Phi) is 1.68. The summed E-state index contributed by atoms with van der Waals surface area (Å²) in [7, 11) is 0. The van der Waals surface area contributed by atoms with Gasteiger partial charge >= 0.3 is 0 Å². The summed E-state index contributed by atoms with van der Waals surface area (Å²) < 4.78 is 10.9. The summed E-state index contributed by atoms with van der Waals surface area (Å²) in [5.41, 5.74) is 0.658. The second kappa shape index (κ2) is 3.02. The Hall–Kier alpha value is -1.97. The van der Waals surface area contributed by atoms with E-state index in [1.807, 2.05) is 6.07 Å². The molecule has 15 heavy (non-hydrogen) atoms. The van der Waals surface area contributed by atoms with Crippen LogP contribution in [0.2, 0.25) is 0 Å². The first-order valence-electron chi connectivity index (χ1n) is 4.76. The second-order valence-corrected chi connectivity index (χ2v) is 3.41. The quantitative estimate of drug-likeness (QED) is 0.702. The zero-order valence-corrected chi connectivity index (χ0v) is 7.95. The molecule has 0 atom stereocenters. The van der Waals surface area contributed by atoms with E-state index < -0.39 is 0 Å². The number of ether oxygens (including phenoxy) is 2. The van der Waals surface area contributed by atoms with Crippen LogP contribution < -0.4 is 15.0 Å². The van der Waals surface area contributed by atoms with Crippen molar-refractivity contribution in [3.8, 4) is 11.5 Å². The van der Waals surface area contributed by atoms with Gasteiger partial charge in [0.1, 0.15) is 13.2 Å². The number of pyridine rings is 1. The number of hydrogen-bond acceptors (Lipinski definition) is 3. The van der Waals surface area contributed by atoms with E-state index in [1.54, 1.807) is 12.1 Å². The predicted octanol–water partition coefficient (Wildman–Crippen LogP) is 1.30. The highest BCUT2D eigenvalue weighted by Crippen LogP contribution is 2.33. The van der Waals surface area contributed by atoms with E-state index in [-0.39, 0.29) is 5.56 Å². The van der Waals surface area contributed by atoms with E-state index in [2.05, 4.69) is 4.98 Å². The Balaban J connectivity index is 2.30. The molecule has 76 valence electrons. The van der Waals surface area contributed by atoms with Crippen LogP contribution in [-0.2, 0) is 0 Å². The molecule has 1 aliphatic rings. The summed E-state index contributed by atoms with van der Waals surface area (Å²) in [5.74, 6) is 1.43. The number of fused-ring (bicyclic) bond motifs is 2. The van der Waals surface area contributed by atoms with Crippen LogP contribution in [0.5, 0.6) is 11.5 Å². The van der Waals surface area contributed by atoms with Crippen molar-refractivity contribution >= 4 is 10.9 Å². The number of aromatic nitrogens is 1. The highest BCUT2D eigenvalue weighted by atomic mass is 16.6. The van der Waals surface area contributed by atoms with E-state index >= 15 is 0 Å². The Morgan fingerprint density at radius 2 is 1.80 bits per heavy atom. The summed E-state index contributed by atoms with van der Waals surface area (Å²) in [4.78, 5) is 13.9. The van der Waals surface area contributed by atoms with Crippen LogP contribution in [-0.4, -0.2) is 18.2 Å². The zero-order chi connectivity index (χ0) is 10.3. The third-order valence-corrected chi connectivity index (χ3v) is 2.39. The second-order valence-electron chi connectivity index (χ2n) is 3.41. The summed E-state index contributed by atoms with van der Waals surface area (Å²) >= 11 is 0. The maximum absolute atomic E-state index is 11.1. The van der Waals surface area contributed by atoms with Gasteiger partial charge in [0.05, 0.1) is 5.52 Å². The van der Waals surface area contributed by atoms with Gasteiger partial charge in [0.2, 0.25) is 5.56 Å². The van der Waals surface area contributed by atoms with Crippen LogP contribution in [0.25, 0.3) is 10.9 Å². The SMILES string of the molecule is O=c1ccc2cc3c(cc2[nH]1)OCCO3. The molecule has 2 heterocycles. The molecule has 0 unspecified atom stereocenters. The van der Waals surface area contributed by atoms with E-state index in [0.29, 0.717) is 19.0 Å². The molecule has 2 aromatic rings. The lowest BCUT2D eigenvalue weighted by Gasteiger charge is -2.18. The summed E-state index contributed by atoms with van der Waals surface area (Å²) in [5, 5.41) is 0.943. The van der Waals surface area contributed by atoms with Gasteiger partial charge in [0, 0.05) is 17.5 Å². The highest BCUT2D eigenvalue weighted by Gasteiger charge is 2.12. The average Bonchev–Trinajstić information content (AvgIpc) is 2.26. The minimum absolute atomic E-state index is 0.112. The third-order valence-electron chi connectivity index (χ3n) is 2.39. The molecular formula is C11H9NO3. The highest BCUT2D eigenvalue weighted by molar-refractivity contribution is 5.82. The first kappa shape index (κ1) is 8.35. The summed E-state index contributed by atoms with van der Waals surface area (Å²) in [6.07, 6.45) is 0. The van der Waals surface area contributed by atoms with Crippen LogP contribution in [0.15, 0.2) is 29.1 Å². The van der Waals surface area contributed by atoms with Gasteiger partial charge in [0.15, 0.2) is 11.5 Å². The standard InChI is InChI=1S/C11H9NO3/c13-11-2-1-7-5-9-10(6-8(7)12-11)15-4-3-14-9/h1-2,5-6H,3-4H2,(H,12,13). The lowest BCUT2D eigenvalue weighted by Crippen LogP contribution is -2.15. The van der Waals surface area contributed by atoms with Gasteiger partial charge in [0.25, 0.3) is 0 Å². The van der Waals surface area contributed by atoms with E-state index in [1.165, 1.54) is 6.07 Å². The molecular weight excluding hydrogens is 194 g/mol. The molecule has 1 aromatic carbocycles. The van der Waals surface area contributed by atoms with Gasteiger partial charge < -0.3 is 14.5 Å². The van der Waals surface area contributed by atoms with Crippen LogP contribution in [0.1, 0.15) is 0 Å². The van der Waals surface area contributed by atoms with Gasteiger partial charge in [-0.1, -0.05) is 0 Å². The molecule has 0 fully saturated rings. The average molecular weight is 203 g/mol. The van der Waals surface area contributed by atoms with Crippen molar-refractivity contribution in [2.24, 2.45) is 0 Å². The molecule has 1 aromatic heterocycles. The van der Waals surface area contributed by atoms with Gasteiger partial charge in [-0.05, 0) is 12.1 Å². The van der Waals surface area contributed by atoms with Crippen LogP contribution in [0, 0.1) is 0 Å². The van der Waals surface area contributed by atoms with Crippen molar-refractivity contribution in [2.75, 3.05) is 13.2 Å². The fourth-order valence-electron chi connectivity index (χ4n) is 1.69. The molecule has 0 saturated heterocycles. The monoisotopic (exact) mass is 203 g/mol. The molecule has 1 N–H and O–H groups in total. The van der Waals surface area contributed by atoms with Crippen molar-refractivity contribution in [3.63, 3.8) is 0 Å². The lowest BCUT2D eigenvalue weighted by atomic mass is 10.2. The number of aromatic amines is 1. The first-order chi connectivity index (χ1) is 7.33. The fourth-order valence-corrected chi connectivity index (χ4v) is 1.69. The third kappa shape index (κ3) is 1.34. The molecule has 0 spiro atoms. The van der Waals surface area contributed by atoms with E-state index in [9.17, 15) is 4.79 Å². The molecule has 0 saturated carbocycles. The van der Waals surface area contributed by atoms with Crippen molar-refractivity contribution in [2.45, 2.75) is 0 Å². The minimum Gasteiger partial charge on any atom is -0.486 e. The number of hydrogen-bond donors (Lipinski definition) is 1. The molecule has 0 amide bonds. The Morgan fingerprint density at radius 3 is 2.60 bits per heavy atom. The number of nitrogens with one attached hydrogen (secondary N) is 1. The number of H-pyrrole nitrogens is 1. The predicted molar refractivity (Wildman–Crippen MR) is 55.6 cm³/mol. The Morgan fingerprint density at radius 1 is 1.07 bits per heavy atom. The minimum atomic E-state index is -0.112. The molecule has 4 nitrogen and oxygen atoms in total. The van der Waals surface area contributed by atoms with Crippen LogP contribution >= 0.6 is 0 Å². The summed E-state index contributed by atoms with van der Waals surface area (Å²) in [6.45, 7) is 1.12. The maximum atomic E-state index is 11.1. The van der Waals surface area contributed by atoms with E-state index in [0.717, 1.165) is 16.7 Å². The number of rotatable bonds is 0. The normalized spacial score (nSPS) is 14.1. The maximum Gasteiger partial charge on any atom is 0.248 e. The van der Waals surface area contributed by atoms with Crippen molar-refractivity contribution in [1.29, 1.82) is 0 Å². The number of benzene rings is 1. The molecule has 0 bridgehead atoms. The smallest absolute Gasteiger partial charge is 0.248 e. The lowest BCUT2D eigenvalue weighted by molar-refractivity contribution is 0.172. The topological polar surface area (TPSA) is 51.3 Å². The van der Waals surface area contributed by atoms with Gasteiger partial charge in [-0.2, -0.15) is 0 Å². The van der Waals surface area contributed by atoms with Crippen molar-refractivity contribution in [1.82, 2.24) is 4.98 Å². The summed E-state index contributed by atoms with van der Waals surface area (Å²) in [6, 6.07) is 6.94. The van der Waals surface area contributed by atoms with Gasteiger partial charge in [-0.25, -0.2) is 0 Å². The van der Waals surface area contributed by atoms with Crippen molar-refractivity contribution in [3.05, 3.63) is 34.6 Å². The van der Waals surface area contributed by atoms with Gasteiger partial charge in [-0.15, -0.1) is 0 Å². The molecule has 0 aliphatic carbocycles. The van der Waals surface area contributed by atoms with Gasteiger partial charge in [-0.3, -0.25) is 4.79 Å². The Labute approximate surface area is 85.4 Å². The fraction of sp³-hybridized carbons (Fsp3) is 0.182. The molecule has 3 rings (SSSR count). The van der Waals surface area contributed by atoms with E-state index in [4.69, 9.17) is 9.47 Å². The Bertz CT molecular complexity index is 574. The molecule has 0 radical (unpaired) electrons. The van der Waals surface area contributed by atoms with Crippen LogP contribution in [0.4, 0.5) is 0 Å². The first-order valence-corrected chi connectivity index (χ1v) is 4.76. The van der Waals surface area contributed by atoms with Crippen LogP contribution in [0.3, 0.4) is 0 Å². The zero-order valence-electron chi connectivity index (χ0n) is 7.95. The molecule has 4 heteroatoms. The largest absolute Gasteiger partial charge is 0.486 e. The van der Waals surface area contributed by atoms with Crippen molar-refractivity contribution < 1.29 is 9.47 Å². The molecule has 1 aliphatic heterocycles.